The summed E-state index contributed by atoms with van der Waals surface area (Å²) in [6.07, 6.45) is 6.93. The number of hydrogen-bond acceptors (Lipinski definition) is 2. The van der Waals surface area contributed by atoms with Crippen molar-refractivity contribution in [1.29, 1.82) is 0 Å². The summed E-state index contributed by atoms with van der Waals surface area (Å²) in [5, 5.41) is 3.83. The molecule has 0 amide bonds. The fourth-order valence-electron chi connectivity index (χ4n) is 3.80. The molecular formula is C17H26N2. The van der Waals surface area contributed by atoms with E-state index in [1.165, 1.54) is 55.5 Å². The summed E-state index contributed by atoms with van der Waals surface area (Å²) in [4.78, 5) is 2.62. The molecule has 1 aromatic rings. The number of piperazine rings is 1. The number of nitrogens with one attached hydrogen (secondary N) is 1. The third-order valence-electron chi connectivity index (χ3n) is 5.10. The summed E-state index contributed by atoms with van der Waals surface area (Å²) < 4.78 is 0. The van der Waals surface area contributed by atoms with E-state index in [2.05, 4.69) is 42.3 Å². The molecule has 2 nitrogen and oxygen atoms in total. The van der Waals surface area contributed by atoms with Gasteiger partial charge in [0.25, 0.3) is 0 Å². The monoisotopic (exact) mass is 258 g/mol. The molecule has 0 atom stereocenters. The highest BCUT2D eigenvalue weighted by Gasteiger charge is 2.36. The van der Waals surface area contributed by atoms with Crippen LogP contribution in [0.3, 0.4) is 0 Å². The molecule has 0 aromatic heterocycles. The minimum atomic E-state index is 0.396. The lowest BCUT2D eigenvalue weighted by molar-refractivity contribution is 0.216. The quantitative estimate of drug-likeness (QED) is 0.830. The van der Waals surface area contributed by atoms with Crippen molar-refractivity contribution in [3.63, 3.8) is 0 Å². The van der Waals surface area contributed by atoms with Gasteiger partial charge in [-0.1, -0.05) is 31.4 Å². The van der Waals surface area contributed by atoms with Crippen molar-refractivity contribution in [1.82, 2.24) is 5.32 Å². The summed E-state index contributed by atoms with van der Waals surface area (Å²) in [6.45, 7) is 7.95. The van der Waals surface area contributed by atoms with Crippen molar-refractivity contribution < 1.29 is 0 Å². The van der Waals surface area contributed by atoms with E-state index < -0.39 is 0 Å². The van der Waals surface area contributed by atoms with Crippen LogP contribution in [0, 0.1) is 13.8 Å². The molecule has 104 valence electrons. The molecule has 2 heteroatoms. The van der Waals surface area contributed by atoms with Crippen LogP contribution >= 0.6 is 0 Å². The van der Waals surface area contributed by atoms with Crippen molar-refractivity contribution in [3.8, 4) is 0 Å². The van der Waals surface area contributed by atoms with Crippen LogP contribution in [-0.2, 0) is 0 Å². The van der Waals surface area contributed by atoms with Gasteiger partial charge in [0.15, 0.2) is 0 Å². The van der Waals surface area contributed by atoms with Gasteiger partial charge in [-0.25, -0.2) is 0 Å². The molecule has 0 unspecified atom stereocenters. The van der Waals surface area contributed by atoms with Crippen molar-refractivity contribution in [2.45, 2.75) is 51.5 Å². The van der Waals surface area contributed by atoms with Crippen LogP contribution in [0.15, 0.2) is 18.2 Å². The average Bonchev–Trinajstić information content (AvgIpc) is 2.43. The Bertz CT molecular complexity index is 441. The first-order chi connectivity index (χ1) is 9.20. The maximum Gasteiger partial charge on any atom is 0.0399 e. The molecule has 1 aromatic carbocycles. The number of benzene rings is 1. The third kappa shape index (κ3) is 2.51. The van der Waals surface area contributed by atoms with E-state index in [0.29, 0.717) is 5.54 Å². The fraction of sp³-hybridized carbons (Fsp3) is 0.647. The lowest BCUT2D eigenvalue weighted by atomic mass is 9.80. The van der Waals surface area contributed by atoms with Gasteiger partial charge in [-0.05, 0) is 43.9 Å². The van der Waals surface area contributed by atoms with Crippen molar-refractivity contribution in [2.75, 3.05) is 24.5 Å². The number of nitrogens with zero attached hydrogens (tertiary/aromatic N) is 1. The Morgan fingerprint density at radius 2 is 1.89 bits per heavy atom. The zero-order valence-corrected chi connectivity index (χ0v) is 12.3. The van der Waals surface area contributed by atoms with Crippen LogP contribution in [0.5, 0.6) is 0 Å². The number of rotatable bonds is 1. The minimum Gasteiger partial charge on any atom is -0.368 e. The average molecular weight is 258 g/mol. The van der Waals surface area contributed by atoms with Crippen LogP contribution in [0.4, 0.5) is 5.69 Å². The van der Waals surface area contributed by atoms with Gasteiger partial charge in [0.05, 0.1) is 0 Å². The van der Waals surface area contributed by atoms with Crippen molar-refractivity contribution in [3.05, 3.63) is 29.3 Å². The molecule has 2 aliphatic rings. The van der Waals surface area contributed by atoms with Gasteiger partial charge < -0.3 is 10.2 Å². The number of hydrogen-bond donors (Lipinski definition) is 1. The van der Waals surface area contributed by atoms with E-state index in [1.54, 1.807) is 0 Å². The smallest absolute Gasteiger partial charge is 0.0399 e. The zero-order chi connectivity index (χ0) is 13.3. The Morgan fingerprint density at radius 1 is 1.11 bits per heavy atom. The molecule has 1 heterocycles. The third-order valence-corrected chi connectivity index (χ3v) is 5.10. The first-order valence-electron chi connectivity index (χ1n) is 7.76. The summed E-state index contributed by atoms with van der Waals surface area (Å²) >= 11 is 0. The van der Waals surface area contributed by atoms with E-state index in [4.69, 9.17) is 0 Å². The minimum absolute atomic E-state index is 0.396. The molecule has 1 aliphatic carbocycles. The molecule has 0 bridgehead atoms. The Kier molecular flexibility index (Phi) is 3.53. The van der Waals surface area contributed by atoms with Crippen LogP contribution in [0.2, 0.25) is 0 Å². The first-order valence-corrected chi connectivity index (χ1v) is 7.76. The van der Waals surface area contributed by atoms with Crippen molar-refractivity contribution in [2.24, 2.45) is 0 Å². The van der Waals surface area contributed by atoms with Gasteiger partial charge in [0.1, 0.15) is 0 Å². The van der Waals surface area contributed by atoms with Crippen LogP contribution in [0.1, 0.15) is 43.2 Å². The maximum atomic E-state index is 3.83. The molecule has 2 fully saturated rings. The highest BCUT2D eigenvalue weighted by atomic mass is 15.2. The number of aryl methyl sites for hydroxylation is 1. The van der Waals surface area contributed by atoms with Gasteiger partial charge in [-0.2, -0.15) is 0 Å². The van der Waals surface area contributed by atoms with E-state index in [-0.39, 0.29) is 0 Å². The second-order valence-electron chi connectivity index (χ2n) is 6.41. The molecule has 1 saturated carbocycles. The molecule has 1 spiro atoms. The molecule has 1 N–H and O–H groups in total. The molecule has 0 radical (unpaired) electrons. The standard InChI is InChI=1S/C17H26N2/c1-14-7-6-8-16(15(14)2)19-12-11-18-17(13-19)9-4-3-5-10-17/h6-8,18H,3-5,9-13H2,1-2H3. The summed E-state index contributed by atoms with van der Waals surface area (Å²) in [7, 11) is 0. The number of anilines is 1. The second kappa shape index (κ2) is 5.16. The molecule has 19 heavy (non-hydrogen) atoms. The van der Waals surface area contributed by atoms with Gasteiger partial charge in [-0.15, -0.1) is 0 Å². The van der Waals surface area contributed by atoms with Crippen LogP contribution in [0.25, 0.3) is 0 Å². The first kappa shape index (κ1) is 13.0. The lowest BCUT2D eigenvalue weighted by Crippen LogP contribution is -2.61. The topological polar surface area (TPSA) is 15.3 Å². The van der Waals surface area contributed by atoms with Gasteiger partial charge in [0, 0.05) is 30.9 Å². The highest BCUT2D eigenvalue weighted by Crippen LogP contribution is 2.33. The maximum absolute atomic E-state index is 3.83. The Hall–Kier alpha value is -1.02. The van der Waals surface area contributed by atoms with E-state index in [1.807, 2.05) is 0 Å². The van der Waals surface area contributed by atoms with Crippen molar-refractivity contribution >= 4 is 5.69 Å². The van der Waals surface area contributed by atoms with Gasteiger partial charge >= 0.3 is 0 Å². The Balaban J connectivity index is 1.83. The normalized spacial score (nSPS) is 22.7. The molecular weight excluding hydrogens is 232 g/mol. The summed E-state index contributed by atoms with van der Waals surface area (Å²) in [5.74, 6) is 0. The lowest BCUT2D eigenvalue weighted by Gasteiger charge is -2.47. The molecule has 3 rings (SSSR count). The van der Waals surface area contributed by atoms with Crippen LogP contribution < -0.4 is 10.2 Å². The van der Waals surface area contributed by atoms with E-state index in [9.17, 15) is 0 Å². The van der Waals surface area contributed by atoms with E-state index in [0.717, 1.165) is 13.1 Å². The van der Waals surface area contributed by atoms with Crippen LogP contribution in [-0.4, -0.2) is 25.2 Å². The van der Waals surface area contributed by atoms with E-state index >= 15 is 0 Å². The molecule has 1 saturated heterocycles. The largest absolute Gasteiger partial charge is 0.368 e. The van der Waals surface area contributed by atoms with Gasteiger partial charge in [-0.3, -0.25) is 0 Å². The van der Waals surface area contributed by atoms with Gasteiger partial charge in [0.2, 0.25) is 0 Å². The Labute approximate surface area is 117 Å². The zero-order valence-electron chi connectivity index (χ0n) is 12.3. The Morgan fingerprint density at radius 3 is 2.68 bits per heavy atom. The molecule has 1 aliphatic heterocycles. The predicted molar refractivity (Wildman–Crippen MR) is 81.9 cm³/mol. The fourth-order valence-corrected chi connectivity index (χ4v) is 3.80. The summed E-state index contributed by atoms with van der Waals surface area (Å²) in [6, 6.07) is 6.72. The second-order valence-corrected chi connectivity index (χ2v) is 6.41. The predicted octanol–water partition coefficient (Wildman–Crippen LogP) is 3.42. The summed E-state index contributed by atoms with van der Waals surface area (Å²) in [5.41, 5.74) is 4.71. The SMILES string of the molecule is Cc1cccc(N2CCNC3(CCCCC3)C2)c1C. The highest BCUT2D eigenvalue weighted by molar-refractivity contribution is 5.56.